The van der Waals surface area contributed by atoms with Gasteiger partial charge in [-0.1, -0.05) is 18.2 Å². The summed E-state index contributed by atoms with van der Waals surface area (Å²) in [6, 6.07) is 7.32. The van der Waals surface area contributed by atoms with Crippen molar-refractivity contribution in [3.05, 3.63) is 29.8 Å². The summed E-state index contributed by atoms with van der Waals surface area (Å²) in [6.07, 6.45) is 2.51. The van der Waals surface area contributed by atoms with Gasteiger partial charge in [-0.15, -0.1) is 0 Å². The Hall–Kier alpha value is -1.51. The van der Waals surface area contributed by atoms with Crippen molar-refractivity contribution in [1.82, 2.24) is 0 Å². The van der Waals surface area contributed by atoms with E-state index in [0.717, 1.165) is 24.2 Å². The second-order valence-electron chi connectivity index (χ2n) is 3.50. The van der Waals surface area contributed by atoms with Gasteiger partial charge < -0.3 is 9.84 Å². The summed E-state index contributed by atoms with van der Waals surface area (Å²) >= 11 is 0. The third kappa shape index (κ3) is 2.25. The van der Waals surface area contributed by atoms with Gasteiger partial charge in [0, 0.05) is 5.56 Å². The van der Waals surface area contributed by atoms with Gasteiger partial charge in [-0.25, -0.2) is 0 Å². The number of hydrogen-bond donors (Lipinski definition) is 1. The second kappa shape index (κ2) is 3.70. The van der Waals surface area contributed by atoms with Gasteiger partial charge in [0.2, 0.25) is 0 Å². The Labute approximate surface area is 82.3 Å². The molecule has 0 heterocycles. The van der Waals surface area contributed by atoms with E-state index in [2.05, 4.69) is 0 Å². The number of carboxylic acids is 1. The highest BCUT2D eigenvalue weighted by Gasteiger charge is 2.24. The van der Waals surface area contributed by atoms with Gasteiger partial charge in [0.25, 0.3) is 0 Å². The number of benzene rings is 1. The highest BCUT2D eigenvalue weighted by molar-refractivity contribution is 5.71. The van der Waals surface area contributed by atoms with E-state index in [1.807, 2.05) is 18.2 Å². The van der Waals surface area contributed by atoms with Gasteiger partial charge in [0.15, 0.2) is 0 Å². The molecule has 1 aliphatic rings. The Balaban J connectivity index is 2.14. The summed E-state index contributed by atoms with van der Waals surface area (Å²) < 4.78 is 5.59. The lowest BCUT2D eigenvalue weighted by Crippen LogP contribution is -2.04. The van der Waals surface area contributed by atoms with Crippen LogP contribution in [0, 0.1) is 0 Å². The number of hydrogen-bond acceptors (Lipinski definition) is 2. The van der Waals surface area contributed by atoms with Crippen LogP contribution in [0.2, 0.25) is 0 Å². The maximum absolute atomic E-state index is 10.6. The molecule has 14 heavy (non-hydrogen) atoms. The highest BCUT2D eigenvalue weighted by Crippen LogP contribution is 2.29. The van der Waals surface area contributed by atoms with Crippen molar-refractivity contribution in [3.63, 3.8) is 0 Å². The average Bonchev–Trinajstić information content (AvgIpc) is 2.91. The topological polar surface area (TPSA) is 46.5 Å². The van der Waals surface area contributed by atoms with Crippen LogP contribution in [0.3, 0.4) is 0 Å². The monoisotopic (exact) mass is 192 g/mol. The number of rotatable bonds is 4. The van der Waals surface area contributed by atoms with Gasteiger partial charge in [-0.05, 0) is 18.9 Å². The zero-order valence-electron chi connectivity index (χ0n) is 7.77. The highest BCUT2D eigenvalue weighted by atomic mass is 16.5. The zero-order valence-corrected chi connectivity index (χ0v) is 7.77. The van der Waals surface area contributed by atoms with Gasteiger partial charge in [0.1, 0.15) is 5.75 Å². The number of aliphatic carboxylic acids is 1. The normalized spacial score (nSPS) is 15.1. The molecule has 0 radical (unpaired) electrons. The molecule has 0 atom stereocenters. The molecule has 1 fully saturated rings. The van der Waals surface area contributed by atoms with Crippen LogP contribution in [0.1, 0.15) is 18.4 Å². The van der Waals surface area contributed by atoms with E-state index in [9.17, 15) is 4.79 Å². The van der Waals surface area contributed by atoms with Gasteiger partial charge >= 0.3 is 5.97 Å². The standard InChI is InChI=1S/C11H12O3/c12-11(13)7-8-3-1-2-4-10(8)14-9-5-6-9/h1-4,9H,5-7H2,(H,12,13). The molecule has 0 saturated heterocycles. The lowest BCUT2D eigenvalue weighted by Gasteiger charge is -2.08. The number of carboxylic acid groups (broad SMARTS) is 1. The summed E-state index contributed by atoms with van der Waals surface area (Å²) in [5.41, 5.74) is 0.756. The Morgan fingerprint density at radius 3 is 2.79 bits per heavy atom. The molecule has 74 valence electrons. The molecule has 1 aromatic rings. The SMILES string of the molecule is O=C(O)Cc1ccccc1OC1CC1. The van der Waals surface area contributed by atoms with Crippen molar-refractivity contribution in [2.45, 2.75) is 25.4 Å². The van der Waals surface area contributed by atoms with Crippen molar-refractivity contribution in [1.29, 1.82) is 0 Å². The third-order valence-electron chi connectivity index (χ3n) is 2.13. The molecule has 1 saturated carbocycles. The third-order valence-corrected chi connectivity index (χ3v) is 2.13. The molecule has 0 bridgehead atoms. The Kier molecular flexibility index (Phi) is 2.39. The minimum absolute atomic E-state index is 0.0306. The lowest BCUT2D eigenvalue weighted by molar-refractivity contribution is -0.136. The Morgan fingerprint density at radius 2 is 2.14 bits per heavy atom. The van der Waals surface area contributed by atoms with Crippen LogP contribution >= 0.6 is 0 Å². The average molecular weight is 192 g/mol. The first-order chi connectivity index (χ1) is 6.75. The zero-order chi connectivity index (χ0) is 9.97. The van der Waals surface area contributed by atoms with Gasteiger partial charge in [0.05, 0.1) is 12.5 Å². The van der Waals surface area contributed by atoms with E-state index < -0.39 is 5.97 Å². The minimum Gasteiger partial charge on any atom is -0.490 e. The first-order valence-corrected chi connectivity index (χ1v) is 4.72. The molecule has 1 aliphatic carbocycles. The van der Waals surface area contributed by atoms with Crippen LogP contribution in [0.4, 0.5) is 0 Å². The first kappa shape index (κ1) is 9.06. The smallest absolute Gasteiger partial charge is 0.307 e. The second-order valence-corrected chi connectivity index (χ2v) is 3.50. The largest absolute Gasteiger partial charge is 0.490 e. The Bertz CT molecular complexity index is 342. The molecule has 0 amide bonds. The van der Waals surface area contributed by atoms with E-state index in [1.165, 1.54) is 0 Å². The molecule has 2 rings (SSSR count). The van der Waals surface area contributed by atoms with Crippen LogP contribution in [-0.4, -0.2) is 17.2 Å². The van der Waals surface area contributed by atoms with Crippen molar-refractivity contribution in [3.8, 4) is 5.75 Å². The molecule has 1 aromatic carbocycles. The summed E-state index contributed by atoms with van der Waals surface area (Å²) in [5, 5.41) is 8.69. The molecule has 3 nitrogen and oxygen atoms in total. The van der Waals surface area contributed by atoms with Crippen molar-refractivity contribution in [2.75, 3.05) is 0 Å². The molecule has 0 aromatic heterocycles. The van der Waals surface area contributed by atoms with Gasteiger partial charge in [-0.3, -0.25) is 4.79 Å². The number of ether oxygens (including phenoxy) is 1. The Morgan fingerprint density at radius 1 is 1.43 bits per heavy atom. The van der Waals surface area contributed by atoms with Gasteiger partial charge in [-0.2, -0.15) is 0 Å². The van der Waals surface area contributed by atoms with Crippen molar-refractivity contribution in [2.24, 2.45) is 0 Å². The van der Waals surface area contributed by atoms with E-state index in [4.69, 9.17) is 9.84 Å². The lowest BCUT2D eigenvalue weighted by atomic mass is 10.1. The van der Waals surface area contributed by atoms with E-state index in [1.54, 1.807) is 6.07 Å². The maximum atomic E-state index is 10.6. The molecular formula is C11H12O3. The van der Waals surface area contributed by atoms with Crippen molar-refractivity contribution >= 4 is 5.97 Å². The molecule has 1 N–H and O–H groups in total. The number of para-hydroxylation sites is 1. The van der Waals surface area contributed by atoms with Crippen LogP contribution in [0.5, 0.6) is 5.75 Å². The molecule has 0 spiro atoms. The van der Waals surface area contributed by atoms with E-state index >= 15 is 0 Å². The summed E-state index contributed by atoms with van der Waals surface area (Å²) in [4.78, 5) is 10.6. The summed E-state index contributed by atoms with van der Waals surface area (Å²) in [5.74, 6) is -0.103. The molecular weight excluding hydrogens is 180 g/mol. The summed E-state index contributed by atoms with van der Waals surface area (Å²) in [7, 11) is 0. The number of carbonyl (C=O) groups is 1. The first-order valence-electron chi connectivity index (χ1n) is 4.72. The quantitative estimate of drug-likeness (QED) is 0.791. The maximum Gasteiger partial charge on any atom is 0.307 e. The van der Waals surface area contributed by atoms with Crippen LogP contribution in [-0.2, 0) is 11.2 Å². The van der Waals surface area contributed by atoms with Crippen LogP contribution in [0.15, 0.2) is 24.3 Å². The fourth-order valence-corrected chi connectivity index (χ4v) is 1.29. The van der Waals surface area contributed by atoms with Crippen molar-refractivity contribution < 1.29 is 14.6 Å². The fourth-order valence-electron chi connectivity index (χ4n) is 1.29. The molecule has 0 unspecified atom stereocenters. The predicted octanol–water partition coefficient (Wildman–Crippen LogP) is 1.85. The fraction of sp³-hybridized carbons (Fsp3) is 0.364. The molecule has 3 heteroatoms. The summed E-state index contributed by atoms with van der Waals surface area (Å²) in [6.45, 7) is 0. The molecule has 0 aliphatic heterocycles. The van der Waals surface area contributed by atoms with Crippen LogP contribution in [0.25, 0.3) is 0 Å². The minimum atomic E-state index is -0.822. The van der Waals surface area contributed by atoms with Crippen LogP contribution < -0.4 is 4.74 Å². The predicted molar refractivity (Wildman–Crippen MR) is 51.4 cm³/mol. The van der Waals surface area contributed by atoms with E-state index in [-0.39, 0.29) is 6.42 Å². The van der Waals surface area contributed by atoms with E-state index in [0.29, 0.717) is 6.10 Å².